The Morgan fingerprint density at radius 2 is 1.82 bits per heavy atom. The highest BCUT2D eigenvalue weighted by molar-refractivity contribution is 8.00. The van der Waals surface area contributed by atoms with Crippen LogP contribution in [0.5, 0.6) is 11.5 Å². The van der Waals surface area contributed by atoms with Crippen LogP contribution in [0.1, 0.15) is 22.8 Å². The van der Waals surface area contributed by atoms with Gasteiger partial charge in [-0.05, 0) is 48.9 Å². The molecule has 1 N–H and O–H groups in total. The number of carbonyl (C=O) groups is 2. The highest BCUT2D eigenvalue weighted by Crippen LogP contribution is 2.37. The molecule has 142 valence electrons. The molecule has 4 rings (SSSR count). The van der Waals surface area contributed by atoms with E-state index in [0.29, 0.717) is 17.0 Å². The molecule has 1 aromatic heterocycles. The number of aromatic nitrogens is 1. The molecule has 1 amide bonds. The number of pyridine rings is 1. The number of hydrogen-bond donors (Lipinski definition) is 1. The number of Topliss-reactive ketones (excluding diaryl/α,β-unsaturated/α-hetero) is 1. The number of aryl methyl sites for hydroxylation is 1. The summed E-state index contributed by atoms with van der Waals surface area (Å²) in [5, 5.41) is 4.48. The van der Waals surface area contributed by atoms with Crippen LogP contribution in [0, 0.1) is 6.92 Å². The molecule has 0 aliphatic carbocycles. The van der Waals surface area contributed by atoms with Crippen LogP contribution in [0.4, 0.5) is 5.69 Å². The van der Waals surface area contributed by atoms with Gasteiger partial charge in [0.2, 0.25) is 12.7 Å². The standard InChI is InChI=1S/C21H18N2O4S/c1-12-7-15-8-19-20(27-11-26-19)9-17(15)23-21(12)28-10-18(25)14-3-5-16(6-4-14)22-13(2)24/h3-9H,10-11H2,1-2H3,(H,22,24). The molecule has 0 saturated heterocycles. The summed E-state index contributed by atoms with van der Waals surface area (Å²) < 4.78 is 10.8. The van der Waals surface area contributed by atoms with Gasteiger partial charge in [0.1, 0.15) is 5.03 Å². The van der Waals surface area contributed by atoms with Crippen LogP contribution in [0.3, 0.4) is 0 Å². The van der Waals surface area contributed by atoms with Gasteiger partial charge in [0, 0.05) is 29.6 Å². The van der Waals surface area contributed by atoms with E-state index < -0.39 is 0 Å². The van der Waals surface area contributed by atoms with Gasteiger partial charge in [-0.25, -0.2) is 4.98 Å². The number of fused-ring (bicyclic) bond motifs is 2. The largest absolute Gasteiger partial charge is 0.454 e. The molecule has 6 nitrogen and oxygen atoms in total. The van der Waals surface area contributed by atoms with E-state index in [2.05, 4.69) is 5.32 Å². The van der Waals surface area contributed by atoms with Crippen molar-refractivity contribution in [3.63, 3.8) is 0 Å². The third-order valence-electron chi connectivity index (χ3n) is 4.32. The van der Waals surface area contributed by atoms with Crippen LogP contribution in [0.25, 0.3) is 10.9 Å². The van der Waals surface area contributed by atoms with Crippen LogP contribution in [-0.4, -0.2) is 29.2 Å². The average molecular weight is 394 g/mol. The Morgan fingerprint density at radius 3 is 2.54 bits per heavy atom. The maximum atomic E-state index is 12.5. The zero-order valence-electron chi connectivity index (χ0n) is 15.4. The maximum absolute atomic E-state index is 12.5. The number of thioether (sulfide) groups is 1. The van der Waals surface area contributed by atoms with Crippen LogP contribution in [0.15, 0.2) is 47.5 Å². The van der Waals surface area contributed by atoms with Crippen molar-refractivity contribution in [2.75, 3.05) is 17.9 Å². The third kappa shape index (κ3) is 3.80. The van der Waals surface area contributed by atoms with E-state index in [9.17, 15) is 9.59 Å². The molecule has 2 aromatic carbocycles. The van der Waals surface area contributed by atoms with Gasteiger partial charge in [-0.3, -0.25) is 9.59 Å². The molecule has 7 heteroatoms. The number of nitrogens with zero attached hydrogens (tertiary/aromatic N) is 1. The number of carbonyl (C=O) groups excluding carboxylic acids is 2. The smallest absolute Gasteiger partial charge is 0.231 e. The fraction of sp³-hybridized carbons (Fsp3) is 0.190. The monoisotopic (exact) mass is 394 g/mol. The molecule has 0 unspecified atom stereocenters. The van der Waals surface area contributed by atoms with Crippen molar-refractivity contribution < 1.29 is 19.1 Å². The number of ketones is 1. The first kappa shape index (κ1) is 18.3. The zero-order valence-corrected chi connectivity index (χ0v) is 16.3. The molecule has 3 aromatic rings. The molecule has 0 bridgehead atoms. The highest BCUT2D eigenvalue weighted by atomic mass is 32.2. The van der Waals surface area contributed by atoms with Crippen LogP contribution in [0.2, 0.25) is 0 Å². The molecule has 0 fully saturated rings. The maximum Gasteiger partial charge on any atom is 0.231 e. The Hall–Kier alpha value is -3.06. The summed E-state index contributed by atoms with van der Waals surface area (Å²) in [5.74, 6) is 1.56. The quantitative estimate of drug-likeness (QED) is 0.516. The second-order valence-corrected chi connectivity index (χ2v) is 7.44. The Kier molecular flexibility index (Phi) is 4.92. The average Bonchev–Trinajstić information content (AvgIpc) is 3.11. The highest BCUT2D eigenvalue weighted by Gasteiger charge is 2.16. The van der Waals surface area contributed by atoms with Crippen molar-refractivity contribution in [1.82, 2.24) is 4.98 Å². The van der Waals surface area contributed by atoms with Crippen molar-refractivity contribution in [2.24, 2.45) is 0 Å². The third-order valence-corrected chi connectivity index (χ3v) is 5.41. The van der Waals surface area contributed by atoms with E-state index in [4.69, 9.17) is 14.5 Å². The van der Waals surface area contributed by atoms with Crippen molar-refractivity contribution in [1.29, 1.82) is 0 Å². The number of ether oxygens (including phenoxy) is 2. The Balaban J connectivity index is 1.48. The lowest BCUT2D eigenvalue weighted by molar-refractivity contribution is -0.114. The van der Waals surface area contributed by atoms with Crippen molar-refractivity contribution in [2.45, 2.75) is 18.9 Å². The summed E-state index contributed by atoms with van der Waals surface area (Å²) in [6.45, 7) is 3.65. The summed E-state index contributed by atoms with van der Waals surface area (Å²) >= 11 is 1.41. The van der Waals surface area contributed by atoms with Crippen molar-refractivity contribution in [3.05, 3.63) is 53.6 Å². The van der Waals surface area contributed by atoms with Gasteiger partial charge >= 0.3 is 0 Å². The minimum atomic E-state index is -0.143. The van der Waals surface area contributed by atoms with Gasteiger partial charge in [-0.1, -0.05) is 11.8 Å². The SMILES string of the molecule is CC(=O)Nc1ccc(C(=O)CSc2nc3cc4c(cc3cc2C)OCO4)cc1. The Labute approximate surface area is 166 Å². The summed E-state index contributed by atoms with van der Waals surface area (Å²) in [6.07, 6.45) is 0. The molecule has 2 heterocycles. The fourth-order valence-electron chi connectivity index (χ4n) is 2.96. The topological polar surface area (TPSA) is 77.5 Å². The van der Waals surface area contributed by atoms with Crippen LogP contribution >= 0.6 is 11.8 Å². The number of benzene rings is 2. The first-order valence-electron chi connectivity index (χ1n) is 8.74. The van der Waals surface area contributed by atoms with Gasteiger partial charge in [-0.2, -0.15) is 0 Å². The van der Waals surface area contributed by atoms with Crippen molar-refractivity contribution >= 4 is 40.0 Å². The molecule has 1 aliphatic heterocycles. The lowest BCUT2D eigenvalue weighted by Gasteiger charge is -2.08. The summed E-state index contributed by atoms with van der Waals surface area (Å²) in [5.41, 5.74) is 3.08. The molecule has 1 aliphatic rings. The van der Waals surface area contributed by atoms with E-state index in [1.165, 1.54) is 18.7 Å². The molecule has 0 spiro atoms. The first-order valence-corrected chi connectivity index (χ1v) is 9.73. The minimum absolute atomic E-state index is 0.00589. The van der Waals surface area contributed by atoms with E-state index in [0.717, 1.165) is 27.2 Å². The molecular weight excluding hydrogens is 376 g/mol. The summed E-state index contributed by atoms with van der Waals surface area (Å²) in [7, 11) is 0. The molecule has 0 radical (unpaired) electrons. The first-order chi connectivity index (χ1) is 13.5. The fourth-order valence-corrected chi connectivity index (χ4v) is 3.84. The molecular formula is C21H18N2O4S. The number of anilines is 1. The van der Waals surface area contributed by atoms with Gasteiger partial charge in [0.15, 0.2) is 17.3 Å². The molecule has 28 heavy (non-hydrogen) atoms. The van der Waals surface area contributed by atoms with Crippen molar-refractivity contribution in [3.8, 4) is 11.5 Å². The summed E-state index contributed by atoms with van der Waals surface area (Å²) in [4.78, 5) is 28.3. The number of rotatable bonds is 5. The van der Waals surface area contributed by atoms with Crippen LogP contribution < -0.4 is 14.8 Å². The Bertz CT molecular complexity index is 1080. The normalized spacial score (nSPS) is 12.2. The second-order valence-electron chi connectivity index (χ2n) is 6.48. The second kappa shape index (κ2) is 7.52. The molecule has 0 atom stereocenters. The number of nitrogens with one attached hydrogen (secondary N) is 1. The summed E-state index contributed by atoms with van der Waals surface area (Å²) in [6, 6.07) is 12.7. The predicted molar refractivity (Wildman–Crippen MR) is 108 cm³/mol. The van der Waals surface area contributed by atoms with Gasteiger partial charge in [0.05, 0.1) is 11.3 Å². The van der Waals surface area contributed by atoms with Gasteiger partial charge < -0.3 is 14.8 Å². The lowest BCUT2D eigenvalue weighted by atomic mass is 10.1. The zero-order chi connectivity index (χ0) is 19.7. The van der Waals surface area contributed by atoms with E-state index in [1.807, 2.05) is 25.1 Å². The predicted octanol–water partition coefficient (Wildman–Crippen LogP) is 4.21. The van der Waals surface area contributed by atoms with Gasteiger partial charge in [0.25, 0.3) is 0 Å². The van der Waals surface area contributed by atoms with E-state index >= 15 is 0 Å². The number of amides is 1. The minimum Gasteiger partial charge on any atom is -0.454 e. The Morgan fingerprint density at radius 1 is 1.11 bits per heavy atom. The number of hydrogen-bond acceptors (Lipinski definition) is 6. The lowest BCUT2D eigenvalue weighted by Crippen LogP contribution is -2.07. The van der Waals surface area contributed by atoms with E-state index in [1.54, 1.807) is 24.3 Å². The van der Waals surface area contributed by atoms with Crippen LogP contribution in [-0.2, 0) is 4.79 Å². The van der Waals surface area contributed by atoms with Gasteiger partial charge in [-0.15, -0.1) is 0 Å². The molecule has 0 saturated carbocycles. The van der Waals surface area contributed by atoms with E-state index in [-0.39, 0.29) is 24.2 Å².